The van der Waals surface area contributed by atoms with Gasteiger partial charge >= 0.3 is 0 Å². The molecule has 6 nitrogen and oxygen atoms in total. The van der Waals surface area contributed by atoms with Gasteiger partial charge in [-0.2, -0.15) is 0 Å². The minimum absolute atomic E-state index is 0.130. The molecule has 4 rings (SSSR count). The van der Waals surface area contributed by atoms with Gasteiger partial charge in [-0.15, -0.1) is 0 Å². The molecule has 1 aliphatic carbocycles. The molecule has 1 aromatic carbocycles. The molecule has 2 aromatic rings. The lowest BCUT2D eigenvalue weighted by Crippen LogP contribution is -2.48. The van der Waals surface area contributed by atoms with Gasteiger partial charge in [-0.05, 0) is 30.5 Å². The van der Waals surface area contributed by atoms with Crippen molar-refractivity contribution < 1.29 is 9.53 Å². The first kappa shape index (κ1) is 20.1. The van der Waals surface area contributed by atoms with E-state index >= 15 is 0 Å². The summed E-state index contributed by atoms with van der Waals surface area (Å²) in [5.74, 6) is 2.50. The van der Waals surface area contributed by atoms with Crippen molar-refractivity contribution in [1.29, 1.82) is 0 Å². The van der Waals surface area contributed by atoms with E-state index in [9.17, 15) is 4.79 Å². The number of amides is 1. The van der Waals surface area contributed by atoms with Gasteiger partial charge in [0.1, 0.15) is 11.6 Å². The van der Waals surface area contributed by atoms with Crippen molar-refractivity contribution in [3.05, 3.63) is 51.9 Å². The number of hydrogen-bond donors (Lipinski definition) is 0. The molecule has 0 N–H and O–H groups in total. The molecule has 0 atom stereocenters. The van der Waals surface area contributed by atoms with Gasteiger partial charge in [-0.3, -0.25) is 4.79 Å². The summed E-state index contributed by atoms with van der Waals surface area (Å²) in [6.45, 7) is 5.07. The van der Waals surface area contributed by atoms with Crippen LogP contribution in [0.15, 0.2) is 24.3 Å². The lowest BCUT2D eigenvalue weighted by Gasteiger charge is -2.36. The lowest BCUT2D eigenvalue weighted by molar-refractivity contribution is -0.129. The summed E-state index contributed by atoms with van der Waals surface area (Å²) in [5, 5.41) is 0.725. The van der Waals surface area contributed by atoms with Crippen LogP contribution in [0.1, 0.15) is 48.3 Å². The average Bonchev–Trinajstić information content (AvgIpc) is 3.55. The Kier molecular flexibility index (Phi) is 6.01. The average molecular weight is 415 g/mol. The summed E-state index contributed by atoms with van der Waals surface area (Å²) in [4.78, 5) is 25.8. The molecule has 0 unspecified atom stereocenters. The highest BCUT2D eigenvalue weighted by Gasteiger charge is 2.31. The highest BCUT2D eigenvalue weighted by atomic mass is 35.5. The maximum atomic E-state index is 11.7. The van der Waals surface area contributed by atoms with E-state index in [1.807, 2.05) is 23.1 Å². The monoisotopic (exact) mass is 414 g/mol. The van der Waals surface area contributed by atoms with E-state index in [1.54, 1.807) is 14.0 Å². The Balaban J connectivity index is 1.71. The Morgan fingerprint density at radius 1 is 1.21 bits per heavy atom. The second-order valence-electron chi connectivity index (χ2n) is 7.84. The number of carbonyl (C=O) groups excluding carboxylic acids is 1. The highest BCUT2D eigenvalue weighted by molar-refractivity contribution is 6.30. The van der Waals surface area contributed by atoms with Crippen molar-refractivity contribution in [1.82, 2.24) is 14.9 Å². The van der Waals surface area contributed by atoms with E-state index < -0.39 is 0 Å². The van der Waals surface area contributed by atoms with Gasteiger partial charge in [0.25, 0.3) is 0 Å². The number of carbonyl (C=O) groups is 1. The zero-order valence-electron chi connectivity index (χ0n) is 17.0. The van der Waals surface area contributed by atoms with Gasteiger partial charge < -0.3 is 14.5 Å². The fraction of sp³-hybridized carbons (Fsp3) is 0.500. The van der Waals surface area contributed by atoms with Crippen LogP contribution in [0.5, 0.6) is 0 Å². The summed E-state index contributed by atoms with van der Waals surface area (Å²) < 4.78 is 5.49. The van der Waals surface area contributed by atoms with Crippen molar-refractivity contribution in [3.63, 3.8) is 0 Å². The van der Waals surface area contributed by atoms with E-state index in [1.165, 1.54) is 0 Å². The normalized spacial score (nSPS) is 16.9. The van der Waals surface area contributed by atoms with Crippen LogP contribution in [-0.4, -0.2) is 54.1 Å². The molecule has 1 saturated heterocycles. The SMILES string of the molecule is COCc1nc(C2CC2)nc(N2CCN(C(C)=O)CC2)c1Cc1cccc(Cl)c1. The van der Waals surface area contributed by atoms with Crippen LogP contribution in [0, 0.1) is 0 Å². The van der Waals surface area contributed by atoms with Crippen molar-refractivity contribution in [2.45, 2.75) is 38.7 Å². The molecule has 2 heterocycles. The quantitative estimate of drug-likeness (QED) is 0.724. The van der Waals surface area contributed by atoms with Gasteiger partial charge in [-0.1, -0.05) is 23.7 Å². The highest BCUT2D eigenvalue weighted by Crippen LogP contribution is 2.40. The Bertz CT molecular complexity index is 892. The summed E-state index contributed by atoms with van der Waals surface area (Å²) in [5.41, 5.74) is 3.17. The molecule has 0 spiro atoms. The van der Waals surface area contributed by atoms with Crippen LogP contribution in [-0.2, 0) is 22.6 Å². The van der Waals surface area contributed by atoms with Gasteiger partial charge in [0.2, 0.25) is 5.91 Å². The van der Waals surface area contributed by atoms with Crippen molar-refractivity contribution in [2.24, 2.45) is 0 Å². The fourth-order valence-corrected chi connectivity index (χ4v) is 4.06. The van der Waals surface area contributed by atoms with Crippen molar-refractivity contribution in [2.75, 3.05) is 38.2 Å². The largest absolute Gasteiger partial charge is 0.378 e. The second kappa shape index (κ2) is 8.67. The van der Waals surface area contributed by atoms with E-state index in [-0.39, 0.29) is 5.91 Å². The molecular formula is C22H27ClN4O2. The Morgan fingerprint density at radius 3 is 2.59 bits per heavy atom. The van der Waals surface area contributed by atoms with Crippen LogP contribution in [0.3, 0.4) is 0 Å². The number of ether oxygens (including phenoxy) is 1. The lowest BCUT2D eigenvalue weighted by atomic mass is 10.0. The molecule has 154 valence electrons. The van der Waals surface area contributed by atoms with Gasteiger partial charge in [-0.25, -0.2) is 9.97 Å². The second-order valence-corrected chi connectivity index (χ2v) is 8.27. The number of benzene rings is 1. The van der Waals surface area contributed by atoms with Crippen LogP contribution in [0.4, 0.5) is 5.82 Å². The molecule has 1 aromatic heterocycles. The summed E-state index contributed by atoms with van der Waals surface area (Å²) in [6.07, 6.45) is 3.00. The molecular weight excluding hydrogens is 388 g/mol. The van der Waals surface area contributed by atoms with Crippen molar-refractivity contribution in [3.8, 4) is 0 Å². The predicted octanol–water partition coefficient (Wildman–Crippen LogP) is 3.41. The van der Waals surface area contributed by atoms with E-state index in [2.05, 4.69) is 11.0 Å². The number of rotatable bonds is 6. The number of aromatic nitrogens is 2. The first-order chi connectivity index (χ1) is 14.0. The molecule has 1 aliphatic heterocycles. The zero-order chi connectivity index (χ0) is 20.4. The molecule has 29 heavy (non-hydrogen) atoms. The van der Waals surface area contributed by atoms with Gasteiger partial charge in [0.15, 0.2) is 0 Å². The Labute approximate surface area is 176 Å². The van der Waals surface area contributed by atoms with Gasteiger partial charge in [0, 0.05) is 63.1 Å². The minimum Gasteiger partial charge on any atom is -0.378 e. The Hall–Kier alpha value is -2.18. The standard InChI is InChI=1S/C22H27ClN4O2/c1-15(28)26-8-10-27(11-9-26)22-19(13-16-4-3-5-18(23)12-16)20(14-29-2)24-21(25-22)17-6-7-17/h3-5,12,17H,6-11,13-14H2,1-2H3. The third kappa shape index (κ3) is 4.70. The molecule has 7 heteroatoms. The first-order valence-corrected chi connectivity index (χ1v) is 10.6. The number of anilines is 1. The van der Waals surface area contributed by atoms with Gasteiger partial charge in [0.05, 0.1) is 12.3 Å². The third-order valence-corrected chi connectivity index (χ3v) is 5.84. The molecule has 1 amide bonds. The number of hydrogen-bond acceptors (Lipinski definition) is 5. The first-order valence-electron chi connectivity index (χ1n) is 10.2. The number of nitrogens with zero attached hydrogens (tertiary/aromatic N) is 4. The molecule has 0 bridgehead atoms. The van der Waals surface area contributed by atoms with Crippen LogP contribution >= 0.6 is 11.6 Å². The molecule has 1 saturated carbocycles. The summed E-state index contributed by atoms with van der Waals surface area (Å²) in [6, 6.07) is 7.92. The third-order valence-electron chi connectivity index (χ3n) is 5.61. The zero-order valence-corrected chi connectivity index (χ0v) is 17.8. The van der Waals surface area contributed by atoms with Crippen LogP contribution in [0.2, 0.25) is 5.02 Å². The minimum atomic E-state index is 0.130. The van der Waals surface area contributed by atoms with Crippen LogP contribution in [0.25, 0.3) is 0 Å². The summed E-state index contributed by atoms with van der Waals surface area (Å²) >= 11 is 6.22. The molecule has 2 aliphatic rings. The van der Waals surface area contributed by atoms with Crippen molar-refractivity contribution >= 4 is 23.3 Å². The number of halogens is 1. The van der Waals surface area contributed by atoms with Crippen LogP contribution < -0.4 is 4.90 Å². The number of piperazine rings is 1. The Morgan fingerprint density at radius 2 is 1.97 bits per heavy atom. The smallest absolute Gasteiger partial charge is 0.219 e. The maximum Gasteiger partial charge on any atom is 0.219 e. The van der Waals surface area contributed by atoms with E-state index in [4.69, 9.17) is 26.3 Å². The molecule has 2 fully saturated rings. The van der Waals surface area contributed by atoms with E-state index in [0.29, 0.717) is 32.0 Å². The topological polar surface area (TPSA) is 58.6 Å². The molecule has 0 radical (unpaired) electrons. The number of methoxy groups -OCH3 is 1. The maximum absolute atomic E-state index is 11.7. The fourth-order valence-electron chi connectivity index (χ4n) is 3.84. The predicted molar refractivity (Wildman–Crippen MR) is 113 cm³/mol. The van der Waals surface area contributed by atoms with E-state index in [0.717, 1.165) is 59.4 Å². The summed E-state index contributed by atoms with van der Waals surface area (Å²) in [7, 11) is 1.70.